The molecular weight excluding hydrogens is 348 g/mol. The third kappa shape index (κ3) is 4.19. The Morgan fingerprint density at radius 3 is 2.57 bits per heavy atom. The van der Waals surface area contributed by atoms with E-state index in [0.29, 0.717) is 18.3 Å². The molecule has 3 heteroatoms. The monoisotopic (exact) mass is 374 g/mol. The fourth-order valence-electron chi connectivity index (χ4n) is 4.29. The zero-order valence-corrected chi connectivity index (χ0v) is 16.1. The highest BCUT2D eigenvalue weighted by Crippen LogP contribution is 2.30. The van der Waals surface area contributed by atoms with E-state index in [2.05, 4.69) is 18.2 Å². The van der Waals surface area contributed by atoms with Gasteiger partial charge in [-0.15, -0.1) is 0 Å². The van der Waals surface area contributed by atoms with Gasteiger partial charge >= 0.3 is 5.97 Å². The Bertz CT molecular complexity index is 965. The van der Waals surface area contributed by atoms with Gasteiger partial charge in [-0.2, -0.15) is 0 Å². The number of hydrogen-bond acceptors (Lipinski definition) is 2. The number of aromatic carboxylic acids is 1. The predicted octanol–water partition coefficient (Wildman–Crippen LogP) is 6.24. The molecule has 1 aliphatic carbocycles. The van der Waals surface area contributed by atoms with Gasteiger partial charge in [0.2, 0.25) is 0 Å². The summed E-state index contributed by atoms with van der Waals surface area (Å²) in [6.45, 7) is 0.356. The molecule has 0 aliphatic heterocycles. The van der Waals surface area contributed by atoms with Crippen LogP contribution in [0.25, 0.3) is 10.8 Å². The van der Waals surface area contributed by atoms with Crippen molar-refractivity contribution in [3.8, 4) is 5.75 Å². The first kappa shape index (κ1) is 18.5. The van der Waals surface area contributed by atoms with E-state index < -0.39 is 5.97 Å². The fourth-order valence-corrected chi connectivity index (χ4v) is 4.29. The molecule has 3 aromatic rings. The van der Waals surface area contributed by atoms with Crippen LogP contribution in [0.1, 0.15) is 53.6 Å². The molecule has 0 spiro atoms. The van der Waals surface area contributed by atoms with Gasteiger partial charge in [0.15, 0.2) is 0 Å². The highest BCUT2D eigenvalue weighted by Gasteiger charge is 2.17. The van der Waals surface area contributed by atoms with Gasteiger partial charge in [0.05, 0.1) is 0 Å². The third-order valence-corrected chi connectivity index (χ3v) is 5.79. The van der Waals surface area contributed by atoms with Crippen molar-refractivity contribution in [1.29, 1.82) is 0 Å². The molecule has 0 radical (unpaired) electrons. The summed E-state index contributed by atoms with van der Waals surface area (Å²) in [4.78, 5) is 11.7. The lowest BCUT2D eigenvalue weighted by Crippen LogP contribution is -2.10. The minimum Gasteiger partial charge on any atom is -0.488 e. The lowest BCUT2D eigenvalue weighted by molar-refractivity contribution is 0.0691. The van der Waals surface area contributed by atoms with E-state index in [4.69, 9.17) is 4.74 Å². The summed E-state index contributed by atoms with van der Waals surface area (Å²) in [6.07, 6.45) is 7.50. The Kier molecular flexibility index (Phi) is 5.61. The van der Waals surface area contributed by atoms with E-state index in [-0.39, 0.29) is 5.56 Å². The van der Waals surface area contributed by atoms with Crippen LogP contribution in [0, 0.1) is 5.92 Å². The summed E-state index contributed by atoms with van der Waals surface area (Å²) in [5.74, 6) is 0.223. The fraction of sp³-hybridized carbons (Fsp3) is 0.320. The SMILES string of the molecule is O=C(O)c1ccc(CC2CCCCC2)cc1OCc1cccc2ccccc12. The molecule has 0 saturated heterocycles. The van der Waals surface area contributed by atoms with Gasteiger partial charge in [-0.1, -0.05) is 80.6 Å². The molecule has 3 aromatic carbocycles. The maximum Gasteiger partial charge on any atom is 0.339 e. The van der Waals surface area contributed by atoms with Crippen molar-refractivity contribution in [2.75, 3.05) is 0 Å². The number of ether oxygens (including phenoxy) is 1. The number of carbonyl (C=O) groups is 1. The molecule has 0 heterocycles. The second-order valence-corrected chi connectivity index (χ2v) is 7.77. The molecule has 4 rings (SSSR count). The van der Waals surface area contributed by atoms with Crippen LogP contribution in [-0.4, -0.2) is 11.1 Å². The zero-order chi connectivity index (χ0) is 19.3. The lowest BCUT2D eigenvalue weighted by Gasteiger charge is -2.22. The first-order chi connectivity index (χ1) is 13.7. The van der Waals surface area contributed by atoms with Gasteiger partial charge < -0.3 is 9.84 Å². The maximum absolute atomic E-state index is 11.7. The van der Waals surface area contributed by atoms with Gasteiger partial charge in [0, 0.05) is 0 Å². The van der Waals surface area contributed by atoms with Crippen LogP contribution >= 0.6 is 0 Å². The van der Waals surface area contributed by atoms with Crippen molar-refractivity contribution in [2.45, 2.75) is 45.1 Å². The lowest BCUT2D eigenvalue weighted by atomic mass is 9.85. The Morgan fingerprint density at radius 1 is 0.964 bits per heavy atom. The molecule has 0 unspecified atom stereocenters. The minimum absolute atomic E-state index is 0.229. The summed E-state index contributed by atoms with van der Waals surface area (Å²) < 4.78 is 6.04. The molecule has 0 aromatic heterocycles. The van der Waals surface area contributed by atoms with Crippen LogP contribution in [0.2, 0.25) is 0 Å². The van der Waals surface area contributed by atoms with E-state index in [1.165, 1.54) is 37.7 Å². The summed E-state index contributed by atoms with van der Waals surface area (Å²) in [5.41, 5.74) is 2.46. The Labute approximate surface area is 166 Å². The predicted molar refractivity (Wildman–Crippen MR) is 112 cm³/mol. The van der Waals surface area contributed by atoms with Gasteiger partial charge in [0.25, 0.3) is 0 Å². The minimum atomic E-state index is -0.947. The molecule has 3 nitrogen and oxygen atoms in total. The Hall–Kier alpha value is -2.81. The van der Waals surface area contributed by atoms with E-state index in [9.17, 15) is 9.90 Å². The van der Waals surface area contributed by atoms with Crippen molar-refractivity contribution in [2.24, 2.45) is 5.92 Å². The highest BCUT2D eigenvalue weighted by molar-refractivity contribution is 5.91. The number of benzene rings is 3. The van der Waals surface area contributed by atoms with Crippen molar-refractivity contribution in [3.05, 3.63) is 77.4 Å². The largest absolute Gasteiger partial charge is 0.488 e. The molecule has 0 atom stereocenters. The van der Waals surface area contributed by atoms with Crippen molar-refractivity contribution in [3.63, 3.8) is 0 Å². The molecule has 1 aliphatic rings. The molecule has 144 valence electrons. The molecular formula is C25H26O3. The third-order valence-electron chi connectivity index (χ3n) is 5.79. The van der Waals surface area contributed by atoms with Crippen LogP contribution in [-0.2, 0) is 13.0 Å². The normalized spacial score (nSPS) is 14.9. The second kappa shape index (κ2) is 8.47. The molecule has 1 fully saturated rings. The maximum atomic E-state index is 11.7. The average molecular weight is 374 g/mol. The van der Waals surface area contributed by atoms with Crippen molar-refractivity contribution >= 4 is 16.7 Å². The van der Waals surface area contributed by atoms with Crippen LogP contribution in [0.15, 0.2) is 60.7 Å². The van der Waals surface area contributed by atoms with E-state index in [1.54, 1.807) is 6.07 Å². The quantitative estimate of drug-likeness (QED) is 0.555. The second-order valence-electron chi connectivity index (χ2n) is 7.77. The van der Waals surface area contributed by atoms with Crippen molar-refractivity contribution < 1.29 is 14.6 Å². The zero-order valence-electron chi connectivity index (χ0n) is 16.1. The molecule has 28 heavy (non-hydrogen) atoms. The first-order valence-corrected chi connectivity index (χ1v) is 10.2. The van der Waals surface area contributed by atoms with Crippen LogP contribution in [0.3, 0.4) is 0 Å². The van der Waals surface area contributed by atoms with Gasteiger partial charge in [0.1, 0.15) is 17.9 Å². The Balaban J connectivity index is 1.56. The van der Waals surface area contributed by atoms with Crippen LogP contribution in [0.5, 0.6) is 5.75 Å². The van der Waals surface area contributed by atoms with E-state index >= 15 is 0 Å². The number of rotatable bonds is 6. The topological polar surface area (TPSA) is 46.5 Å². The Morgan fingerprint density at radius 2 is 1.75 bits per heavy atom. The smallest absolute Gasteiger partial charge is 0.339 e. The summed E-state index contributed by atoms with van der Waals surface area (Å²) >= 11 is 0. The van der Waals surface area contributed by atoms with Crippen LogP contribution in [0.4, 0.5) is 0 Å². The van der Waals surface area contributed by atoms with Gasteiger partial charge in [-0.3, -0.25) is 0 Å². The van der Waals surface area contributed by atoms with E-state index in [1.807, 2.05) is 36.4 Å². The van der Waals surface area contributed by atoms with Crippen molar-refractivity contribution in [1.82, 2.24) is 0 Å². The first-order valence-electron chi connectivity index (χ1n) is 10.2. The van der Waals surface area contributed by atoms with Gasteiger partial charge in [-0.25, -0.2) is 4.79 Å². The van der Waals surface area contributed by atoms with Gasteiger partial charge in [-0.05, 0) is 46.4 Å². The number of fused-ring (bicyclic) bond motifs is 1. The molecule has 1 saturated carbocycles. The van der Waals surface area contributed by atoms with Crippen LogP contribution < -0.4 is 4.74 Å². The number of carboxylic acids is 1. The molecule has 0 amide bonds. The number of carboxylic acid groups (broad SMARTS) is 1. The number of hydrogen-bond donors (Lipinski definition) is 1. The molecule has 1 N–H and O–H groups in total. The summed E-state index contributed by atoms with van der Waals surface area (Å²) in [7, 11) is 0. The van der Waals surface area contributed by atoms with E-state index in [0.717, 1.165) is 22.8 Å². The summed E-state index contributed by atoms with van der Waals surface area (Å²) in [6, 6.07) is 19.9. The molecule has 0 bridgehead atoms. The standard InChI is InChI=1S/C25H26O3/c26-25(27)23-14-13-19(15-18-7-2-1-3-8-18)16-24(23)28-17-21-11-6-10-20-9-4-5-12-22(20)21/h4-6,9-14,16,18H,1-3,7-8,15,17H2,(H,26,27). The highest BCUT2D eigenvalue weighted by atomic mass is 16.5. The average Bonchev–Trinajstić information content (AvgIpc) is 2.73. The summed E-state index contributed by atoms with van der Waals surface area (Å²) in [5, 5.41) is 11.9.